The SMILES string of the molecule is CC(C)(N)c1ccc(C2CCCN2)cc1. The molecule has 2 nitrogen and oxygen atoms in total. The van der Waals surface area contributed by atoms with E-state index < -0.39 is 0 Å². The van der Waals surface area contributed by atoms with Gasteiger partial charge in [-0.3, -0.25) is 0 Å². The Kier molecular flexibility index (Phi) is 2.81. The molecule has 1 heterocycles. The van der Waals surface area contributed by atoms with Crippen molar-refractivity contribution in [3.8, 4) is 0 Å². The summed E-state index contributed by atoms with van der Waals surface area (Å²) in [6.45, 7) is 5.22. The van der Waals surface area contributed by atoms with Gasteiger partial charge in [-0.25, -0.2) is 0 Å². The van der Waals surface area contributed by atoms with Crippen LogP contribution in [0.3, 0.4) is 0 Å². The molecular formula is C13H20N2. The van der Waals surface area contributed by atoms with Crippen LogP contribution in [0.25, 0.3) is 0 Å². The van der Waals surface area contributed by atoms with E-state index in [1.165, 1.54) is 24.0 Å². The number of hydrogen-bond donors (Lipinski definition) is 2. The highest BCUT2D eigenvalue weighted by Gasteiger charge is 2.18. The van der Waals surface area contributed by atoms with E-state index >= 15 is 0 Å². The first-order valence-electron chi connectivity index (χ1n) is 5.70. The minimum absolute atomic E-state index is 0.234. The highest BCUT2D eigenvalue weighted by Crippen LogP contribution is 2.25. The Morgan fingerprint density at radius 3 is 2.40 bits per heavy atom. The van der Waals surface area contributed by atoms with Crippen molar-refractivity contribution in [3.63, 3.8) is 0 Å². The summed E-state index contributed by atoms with van der Waals surface area (Å²) in [7, 11) is 0. The van der Waals surface area contributed by atoms with Crippen molar-refractivity contribution in [1.82, 2.24) is 5.32 Å². The van der Waals surface area contributed by atoms with Crippen LogP contribution in [0.1, 0.15) is 43.9 Å². The van der Waals surface area contributed by atoms with Crippen LogP contribution in [0.2, 0.25) is 0 Å². The lowest BCUT2D eigenvalue weighted by molar-refractivity contribution is 0.553. The normalized spacial score (nSPS) is 21.9. The van der Waals surface area contributed by atoms with Gasteiger partial charge in [0, 0.05) is 11.6 Å². The molecule has 15 heavy (non-hydrogen) atoms. The smallest absolute Gasteiger partial charge is 0.0352 e. The number of nitrogens with one attached hydrogen (secondary N) is 1. The Balaban J connectivity index is 2.16. The Labute approximate surface area is 91.9 Å². The molecule has 1 aromatic rings. The second-order valence-corrected chi connectivity index (χ2v) is 4.99. The molecule has 1 fully saturated rings. The van der Waals surface area contributed by atoms with Gasteiger partial charge >= 0.3 is 0 Å². The summed E-state index contributed by atoms with van der Waals surface area (Å²) in [5.74, 6) is 0. The molecule has 0 saturated carbocycles. The lowest BCUT2D eigenvalue weighted by Gasteiger charge is -2.20. The molecule has 2 rings (SSSR count). The number of rotatable bonds is 2. The molecule has 0 spiro atoms. The molecule has 1 aliphatic rings. The fourth-order valence-corrected chi connectivity index (χ4v) is 2.11. The maximum absolute atomic E-state index is 6.04. The van der Waals surface area contributed by atoms with Crippen molar-refractivity contribution in [2.45, 2.75) is 38.3 Å². The van der Waals surface area contributed by atoms with E-state index in [1.54, 1.807) is 0 Å². The first-order valence-corrected chi connectivity index (χ1v) is 5.70. The zero-order chi connectivity index (χ0) is 10.9. The third-order valence-electron chi connectivity index (χ3n) is 3.12. The largest absolute Gasteiger partial charge is 0.322 e. The lowest BCUT2D eigenvalue weighted by Crippen LogP contribution is -2.28. The average molecular weight is 204 g/mol. The predicted octanol–water partition coefficient (Wildman–Crippen LogP) is 2.30. The molecule has 0 aliphatic carbocycles. The molecule has 0 radical (unpaired) electrons. The predicted molar refractivity (Wildman–Crippen MR) is 63.6 cm³/mol. The van der Waals surface area contributed by atoms with Crippen LogP contribution in [-0.2, 0) is 5.54 Å². The van der Waals surface area contributed by atoms with E-state index in [0.29, 0.717) is 6.04 Å². The summed E-state index contributed by atoms with van der Waals surface area (Å²) in [6.07, 6.45) is 2.54. The fraction of sp³-hybridized carbons (Fsp3) is 0.538. The standard InChI is InChI=1S/C13H20N2/c1-13(2,14)11-7-5-10(6-8-11)12-4-3-9-15-12/h5-8,12,15H,3-4,9,14H2,1-2H3. The lowest BCUT2D eigenvalue weighted by atomic mass is 9.93. The molecule has 3 N–H and O–H groups in total. The van der Waals surface area contributed by atoms with Gasteiger partial charge in [-0.1, -0.05) is 24.3 Å². The van der Waals surface area contributed by atoms with Crippen LogP contribution in [-0.4, -0.2) is 6.54 Å². The van der Waals surface area contributed by atoms with E-state index in [1.807, 2.05) is 13.8 Å². The van der Waals surface area contributed by atoms with Crippen LogP contribution < -0.4 is 11.1 Å². The van der Waals surface area contributed by atoms with Crippen LogP contribution in [0.5, 0.6) is 0 Å². The molecule has 0 aromatic heterocycles. The van der Waals surface area contributed by atoms with Crippen molar-refractivity contribution >= 4 is 0 Å². The summed E-state index contributed by atoms with van der Waals surface area (Å²) in [4.78, 5) is 0. The molecule has 1 aromatic carbocycles. The van der Waals surface area contributed by atoms with Crippen molar-refractivity contribution in [2.24, 2.45) is 5.73 Å². The average Bonchev–Trinajstić information content (AvgIpc) is 2.69. The topological polar surface area (TPSA) is 38.0 Å². The highest BCUT2D eigenvalue weighted by molar-refractivity contribution is 5.29. The van der Waals surface area contributed by atoms with Crippen LogP contribution in [0.15, 0.2) is 24.3 Å². The third kappa shape index (κ3) is 2.39. The third-order valence-corrected chi connectivity index (χ3v) is 3.12. The van der Waals surface area contributed by atoms with E-state index in [9.17, 15) is 0 Å². The number of benzene rings is 1. The van der Waals surface area contributed by atoms with Gasteiger partial charge in [-0.2, -0.15) is 0 Å². The summed E-state index contributed by atoms with van der Waals surface area (Å²) in [5, 5.41) is 3.50. The molecule has 82 valence electrons. The summed E-state index contributed by atoms with van der Waals surface area (Å²) in [6, 6.07) is 9.25. The van der Waals surface area contributed by atoms with Crippen molar-refractivity contribution in [1.29, 1.82) is 0 Å². The van der Waals surface area contributed by atoms with Gasteiger partial charge in [-0.05, 0) is 44.4 Å². The van der Waals surface area contributed by atoms with Crippen LogP contribution in [0.4, 0.5) is 0 Å². The Bertz CT molecular complexity index is 315. The van der Waals surface area contributed by atoms with Gasteiger partial charge in [0.15, 0.2) is 0 Å². The summed E-state index contributed by atoms with van der Waals surface area (Å²) < 4.78 is 0. The molecular weight excluding hydrogens is 184 g/mol. The van der Waals surface area contributed by atoms with Gasteiger partial charge in [0.05, 0.1) is 0 Å². The number of hydrogen-bond acceptors (Lipinski definition) is 2. The van der Waals surface area contributed by atoms with Gasteiger partial charge in [0.25, 0.3) is 0 Å². The van der Waals surface area contributed by atoms with E-state index in [4.69, 9.17) is 5.73 Å². The molecule has 0 bridgehead atoms. The van der Waals surface area contributed by atoms with E-state index in [-0.39, 0.29) is 5.54 Å². The highest BCUT2D eigenvalue weighted by atomic mass is 14.9. The van der Waals surface area contributed by atoms with Gasteiger partial charge in [0.2, 0.25) is 0 Å². The monoisotopic (exact) mass is 204 g/mol. The Hall–Kier alpha value is -0.860. The zero-order valence-electron chi connectivity index (χ0n) is 9.59. The second kappa shape index (κ2) is 3.95. The second-order valence-electron chi connectivity index (χ2n) is 4.99. The van der Waals surface area contributed by atoms with Crippen molar-refractivity contribution in [2.75, 3.05) is 6.54 Å². The molecule has 2 heteroatoms. The minimum atomic E-state index is -0.234. The van der Waals surface area contributed by atoms with Crippen LogP contribution >= 0.6 is 0 Å². The fourth-order valence-electron chi connectivity index (χ4n) is 2.11. The molecule has 0 amide bonds. The van der Waals surface area contributed by atoms with E-state index in [2.05, 4.69) is 29.6 Å². The number of nitrogens with two attached hydrogens (primary N) is 1. The molecule has 1 atom stereocenters. The van der Waals surface area contributed by atoms with Gasteiger partial charge in [-0.15, -0.1) is 0 Å². The van der Waals surface area contributed by atoms with Crippen molar-refractivity contribution < 1.29 is 0 Å². The van der Waals surface area contributed by atoms with Crippen LogP contribution in [0, 0.1) is 0 Å². The van der Waals surface area contributed by atoms with E-state index in [0.717, 1.165) is 6.54 Å². The minimum Gasteiger partial charge on any atom is -0.322 e. The van der Waals surface area contributed by atoms with Crippen molar-refractivity contribution in [3.05, 3.63) is 35.4 Å². The Morgan fingerprint density at radius 1 is 1.27 bits per heavy atom. The zero-order valence-corrected chi connectivity index (χ0v) is 9.59. The molecule has 1 aliphatic heterocycles. The first-order chi connectivity index (χ1) is 7.07. The first kappa shape index (κ1) is 10.7. The maximum Gasteiger partial charge on any atom is 0.0352 e. The summed E-state index contributed by atoms with van der Waals surface area (Å²) >= 11 is 0. The quantitative estimate of drug-likeness (QED) is 0.775. The van der Waals surface area contributed by atoms with Gasteiger partial charge in [0.1, 0.15) is 0 Å². The molecule has 1 saturated heterocycles. The summed E-state index contributed by atoms with van der Waals surface area (Å²) in [5.41, 5.74) is 8.40. The molecule has 1 unspecified atom stereocenters. The van der Waals surface area contributed by atoms with Gasteiger partial charge < -0.3 is 11.1 Å². The maximum atomic E-state index is 6.04. The Morgan fingerprint density at radius 2 is 1.93 bits per heavy atom.